The molecule has 0 atom stereocenters. The van der Waals surface area contributed by atoms with Crippen molar-refractivity contribution in [3.05, 3.63) is 42.3 Å². The highest BCUT2D eigenvalue weighted by Gasteiger charge is 2.12. The lowest BCUT2D eigenvalue weighted by Gasteiger charge is -2.18. The van der Waals surface area contributed by atoms with Crippen molar-refractivity contribution >= 4 is 0 Å². The molecule has 0 saturated heterocycles. The van der Waals surface area contributed by atoms with Crippen LogP contribution >= 0.6 is 0 Å². The fourth-order valence-corrected chi connectivity index (χ4v) is 1.01. The minimum atomic E-state index is 0.204. The second-order valence-electron chi connectivity index (χ2n) is 3.88. The van der Waals surface area contributed by atoms with Gasteiger partial charge >= 0.3 is 0 Å². The first-order valence-electron chi connectivity index (χ1n) is 3.86. The molecule has 0 spiro atoms. The van der Waals surface area contributed by atoms with E-state index in [0.29, 0.717) is 0 Å². The van der Waals surface area contributed by atoms with Gasteiger partial charge in [0.15, 0.2) is 0 Å². The molecule has 0 aliphatic carbocycles. The van der Waals surface area contributed by atoms with Crippen LogP contribution in [0.5, 0.6) is 0 Å². The predicted octanol–water partition coefficient (Wildman–Crippen LogP) is 3.04. The monoisotopic (exact) mass is 146 g/mol. The minimum Gasteiger partial charge on any atom is -0.0617 e. The molecule has 58 valence electrons. The first kappa shape index (κ1) is 8.32. The summed E-state index contributed by atoms with van der Waals surface area (Å²) in [5.41, 5.74) is 2.34. The van der Waals surface area contributed by atoms with Gasteiger partial charge in [-0.2, -0.15) is 0 Å². The zero-order valence-corrected chi connectivity index (χ0v) is 7.39. The summed E-state index contributed by atoms with van der Waals surface area (Å²) in [5, 5.41) is 0. The summed E-state index contributed by atoms with van der Waals surface area (Å²) in [6, 6.07) is 8.04. The van der Waals surface area contributed by atoms with Gasteiger partial charge in [-0.3, -0.25) is 0 Å². The predicted molar refractivity (Wildman–Crippen MR) is 48.5 cm³/mol. The molecule has 0 N–H and O–H groups in total. The van der Waals surface area contributed by atoms with Gasteiger partial charge in [-0.1, -0.05) is 45.0 Å². The van der Waals surface area contributed by atoms with Crippen molar-refractivity contribution in [1.82, 2.24) is 0 Å². The maximum absolute atomic E-state index is 5.66. The van der Waals surface area contributed by atoms with Crippen molar-refractivity contribution in [2.24, 2.45) is 0 Å². The SMILES string of the molecule is [CH]c1cccc(C(C)(C)C)c1. The Hall–Kier alpha value is -0.780. The quantitative estimate of drug-likeness (QED) is 0.527. The molecule has 0 aromatic heterocycles. The van der Waals surface area contributed by atoms with Crippen LogP contribution < -0.4 is 0 Å². The second-order valence-corrected chi connectivity index (χ2v) is 3.88. The third-order valence-corrected chi connectivity index (χ3v) is 1.75. The van der Waals surface area contributed by atoms with Gasteiger partial charge in [0.1, 0.15) is 0 Å². The molecule has 1 rings (SSSR count). The number of hydrogen-bond donors (Lipinski definition) is 0. The molecule has 0 aliphatic rings. The Kier molecular flexibility index (Phi) is 2.03. The summed E-state index contributed by atoms with van der Waals surface area (Å²) >= 11 is 0. The molecule has 0 saturated carbocycles. The van der Waals surface area contributed by atoms with Crippen LogP contribution in [0, 0.1) is 6.92 Å². The van der Waals surface area contributed by atoms with Crippen molar-refractivity contribution in [3.63, 3.8) is 0 Å². The van der Waals surface area contributed by atoms with Crippen LogP contribution in [0.2, 0.25) is 0 Å². The van der Waals surface area contributed by atoms with E-state index in [1.807, 2.05) is 18.2 Å². The molecule has 0 fully saturated rings. The minimum absolute atomic E-state index is 0.204. The maximum atomic E-state index is 5.66. The Bertz CT molecular complexity index is 240. The molecule has 0 heteroatoms. The highest BCUT2D eigenvalue weighted by Crippen LogP contribution is 2.22. The van der Waals surface area contributed by atoms with Crippen molar-refractivity contribution in [2.45, 2.75) is 26.2 Å². The van der Waals surface area contributed by atoms with E-state index in [-0.39, 0.29) is 5.41 Å². The average Bonchev–Trinajstić information content (AvgIpc) is 1.86. The number of rotatable bonds is 0. The summed E-state index contributed by atoms with van der Waals surface area (Å²) in [7, 11) is 0. The molecule has 1 aromatic rings. The molecule has 0 aliphatic heterocycles. The van der Waals surface area contributed by atoms with E-state index in [0.717, 1.165) is 5.56 Å². The molecular formula is C11H14. The van der Waals surface area contributed by atoms with Crippen molar-refractivity contribution in [3.8, 4) is 0 Å². The molecule has 0 heterocycles. The van der Waals surface area contributed by atoms with Gasteiger partial charge in [0.2, 0.25) is 0 Å². The Morgan fingerprint density at radius 3 is 2.18 bits per heavy atom. The van der Waals surface area contributed by atoms with Gasteiger partial charge in [-0.05, 0) is 23.5 Å². The van der Waals surface area contributed by atoms with Crippen LogP contribution in [0.3, 0.4) is 0 Å². The third kappa shape index (κ3) is 2.07. The van der Waals surface area contributed by atoms with E-state index >= 15 is 0 Å². The summed E-state index contributed by atoms with van der Waals surface area (Å²) in [6.45, 7) is 12.2. The molecular weight excluding hydrogens is 132 g/mol. The van der Waals surface area contributed by atoms with Crippen LogP contribution in [0.15, 0.2) is 24.3 Å². The van der Waals surface area contributed by atoms with Crippen molar-refractivity contribution < 1.29 is 0 Å². The second kappa shape index (κ2) is 2.69. The van der Waals surface area contributed by atoms with Crippen LogP contribution in [-0.4, -0.2) is 0 Å². The summed E-state index contributed by atoms with van der Waals surface area (Å²) in [6.07, 6.45) is 0. The smallest absolute Gasteiger partial charge is 0.00119 e. The highest BCUT2D eigenvalue weighted by molar-refractivity contribution is 5.29. The van der Waals surface area contributed by atoms with Crippen LogP contribution in [-0.2, 0) is 5.41 Å². The number of benzene rings is 1. The van der Waals surface area contributed by atoms with Gasteiger partial charge < -0.3 is 0 Å². The molecule has 0 amide bonds. The van der Waals surface area contributed by atoms with Crippen LogP contribution in [0.4, 0.5) is 0 Å². The maximum Gasteiger partial charge on any atom is -0.00119 e. The Morgan fingerprint density at radius 1 is 1.18 bits per heavy atom. The Labute approximate surface area is 69.3 Å². The van der Waals surface area contributed by atoms with E-state index in [1.165, 1.54) is 5.56 Å². The van der Waals surface area contributed by atoms with E-state index < -0.39 is 0 Å². The Balaban J connectivity index is 3.06. The molecule has 1 aromatic carbocycles. The molecule has 11 heavy (non-hydrogen) atoms. The zero-order valence-electron chi connectivity index (χ0n) is 7.39. The van der Waals surface area contributed by atoms with E-state index in [1.54, 1.807) is 0 Å². The van der Waals surface area contributed by atoms with Gasteiger partial charge in [0.25, 0.3) is 0 Å². The first-order chi connectivity index (χ1) is 5.00. The first-order valence-corrected chi connectivity index (χ1v) is 3.86. The van der Waals surface area contributed by atoms with Crippen molar-refractivity contribution in [2.75, 3.05) is 0 Å². The normalized spacial score (nSPS) is 11.6. The number of hydrogen-bond acceptors (Lipinski definition) is 0. The topological polar surface area (TPSA) is 0 Å². The van der Waals surface area contributed by atoms with Crippen LogP contribution in [0.1, 0.15) is 31.9 Å². The molecule has 0 bridgehead atoms. The lowest BCUT2D eigenvalue weighted by Crippen LogP contribution is -2.10. The average molecular weight is 146 g/mol. The Morgan fingerprint density at radius 2 is 1.82 bits per heavy atom. The molecule has 2 radical (unpaired) electrons. The molecule has 0 unspecified atom stereocenters. The van der Waals surface area contributed by atoms with E-state index in [4.69, 9.17) is 6.92 Å². The summed E-state index contributed by atoms with van der Waals surface area (Å²) < 4.78 is 0. The van der Waals surface area contributed by atoms with Gasteiger partial charge in [0.05, 0.1) is 0 Å². The van der Waals surface area contributed by atoms with Crippen molar-refractivity contribution in [1.29, 1.82) is 0 Å². The fourth-order valence-electron chi connectivity index (χ4n) is 1.01. The molecule has 0 nitrogen and oxygen atoms in total. The van der Waals surface area contributed by atoms with Gasteiger partial charge in [0, 0.05) is 0 Å². The standard InChI is InChI=1S/C11H14/c1-9-6-5-7-10(8-9)11(2,3)4/h1,5-8H,2-4H3. The fraction of sp³-hybridized carbons (Fsp3) is 0.364. The van der Waals surface area contributed by atoms with Gasteiger partial charge in [-0.25, -0.2) is 0 Å². The third-order valence-electron chi connectivity index (χ3n) is 1.75. The summed E-state index contributed by atoms with van der Waals surface area (Å²) in [5.74, 6) is 0. The van der Waals surface area contributed by atoms with Crippen LogP contribution in [0.25, 0.3) is 0 Å². The zero-order chi connectivity index (χ0) is 8.48. The van der Waals surface area contributed by atoms with E-state index in [2.05, 4.69) is 26.8 Å². The lowest BCUT2D eigenvalue weighted by molar-refractivity contribution is 0.590. The highest BCUT2D eigenvalue weighted by atomic mass is 14.2. The van der Waals surface area contributed by atoms with E-state index in [9.17, 15) is 0 Å². The largest absolute Gasteiger partial charge is 0.0617 e. The summed E-state index contributed by atoms with van der Waals surface area (Å²) in [4.78, 5) is 0. The van der Waals surface area contributed by atoms with Gasteiger partial charge in [-0.15, -0.1) is 0 Å². The lowest BCUT2D eigenvalue weighted by atomic mass is 9.86.